The van der Waals surface area contributed by atoms with Gasteiger partial charge >= 0.3 is 5.97 Å². The SMILES string of the molecule is Cc1cc(OCC(=O)Oc2cccc(N3C(=O)c4ccccc4C3=O)c2)cc(C)c1Cl. The fraction of sp³-hybridized carbons (Fsp3) is 0.125. The molecule has 1 heterocycles. The number of halogens is 1. The zero-order valence-corrected chi connectivity index (χ0v) is 17.6. The average Bonchev–Trinajstić information content (AvgIpc) is 3.01. The van der Waals surface area contributed by atoms with Crippen molar-refractivity contribution >= 4 is 35.1 Å². The van der Waals surface area contributed by atoms with E-state index < -0.39 is 17.8 Å². The summed E-state index contributed by atoms with van der Waals surface area (Å²) in [6.07, 6.45) is 0. The van der Waals surface area contributed by atoms with E-state index in [0.717, 1.165) is 16.0 Å². The van der Waals surface area contributed by atoms with Gasteiger partial charge in [-0.15, -0.1) is 0 Å². The van der Waals surface area contributed by atoms with Crippen LogP contribution in [0, 0.1) is 13.8 Å². The topological polar surface area (TPSA) is 72.9 Å². The third-order valence-corrected chi connectivity index (χ3v) is 5.46. The van der Waals surface area contributed by atoms with E-state index in [1.54, 1.807) is 54.6 Å². The van der Waals surface area contributed by atoms with E-state index in [-0.39, 0.29) is 12.4 Å². The summed E-state index contributed by atoms with van der Waals surface area (Å²) in [7, 11) is 0. The van der Waals surface area contributed by atoms with Crippen LogP contribution in [0.25, 0.3) is 0 Å². The number of anilines is 1. The first-order valence-corrected chi connectivity index (χ1v) is 9.91. The molecule has 0 atom stereocenters. The highest BCUT2D eigenvalue weighted by Gasteiger charge is 2.36. The Hall–Kier alpha value is -3.64. The van der Waals surface area contributed by atoms with Crippen molar-refractivity contribution in [2.24, 2.45) is 0 Å². The van der Waals surface area contributed by atoms with Crippen molar-refractivity contribution < 1.29 is 23.9 Å². The molecule has 0 radical (unpaired) electrons. The maximum atomic E-state index is 12.6. The normalized spacial score (nSPS) is 12.7. The molecule has 0 spiro atoms. The van der Waals surface area contributed by atoms with E-state index in [2.05, 4.69) is 0 Å². The highest BCUT2D eigenvalue weighted by Crippen LogP contribution is 2.30. The van der Waals surface area contributed by atoms with Crippen molar-refractivity contribution in [2.45, 2.75) is 13.8 Å². The third kappa shape index (κ3) is 4.02. The van der Waals surface area contributed by atoms with E-state index >= 15 is 0 Å². The van der Waals surface area contributed by atoms with E-state index in [4.69, 9.17) is 21.1 Å². The van der Waals surface area contributed by atoms with E-state index in [1.165, 1.54) is 6.07 Å². The fourth-order valence-corrected chi connectivity index (χ4v) is 3.51. The number of hydrogen-bond donors (Lipinski definition) is 0. The summed E-state index contributed by atoms with van der Waals surface area (Å²) in [5.74, 6) is -0.742. The van der Waals surface area contributed by atoms with Crippen molar-refractivity contribution in [3.05, 3.63) is 87.9 Å². The van der Waals surface area contributed by atoms with Gasteiger partial charge in [0.25, 0.3) is 11.8 Å². The summed E-state index contributed by atoms with van der Waals surface area (Å²) in [6.45, 7) is 3.40. The quantitative estimate of drug-likeness (QED) is 0.329. The lowest BCUT2D eigenvalue weighted by Gasteiger charge is -2.15. The Morgan fingerprint density at radius 2 is 1.48 bits per heavy atom. The maximum absolute atomic E-state index is 12.6. The number of carbonyl (C=O) groups excluding carboxylic acids is 3. The fourth-order valence-electron chi connectivity index (χ4n) is 3.40. The lowest BCUT2D eigenvalue weighted by atomic mass is 10.1. The van der Waals surface area contributed by atoms with Gasteiger partial charge in [0.05, 0.1) is 16.8 Å². The van der Waals surface area contributed by atoms with Crippen LogP contribution < -0.4 is 14.4 Å². The van der Waals surface area contributed by atoms with E-state index in [1.807, 2.05) is 13.8 Å². The van der Waals surface area contributed by atoms with Gasteiger partial charge in [0.15, 0.2) is 6.61 Å². The Kier molecular flexibility index (Phi) is 5.48. The summed E-state index contributed by atoms with van der Waals surface area (Å²) in [6, 6.07) is 16.4. The van der Waals surface area contributed by atoms with Crippen LogP contribution in [0.4, 0.5) is 5.69 Å². The number of hydrogen-bond acceptors (Lipinski definition) is 5. The van der Waals surface area contributed by atoms with Crippen molar-refractivity contribution in [1.29, 1.82) is 0 Å². The number of ether oxygens (including phenoxy) is 2. The molecule has 0 fully saturated rings. The Balaban J connectivity index is 1.45. The monoisotopic (exact) mass is 435 g/mol. The zero-order valence-electron chi connectivity index (χ0n) is 16.8. The van der Waals surface area contributed by atoms with Gasteiger partial charge < -0.3 is 9.47 Å². The molecule has 7 heteroatoms. The number of fused-ring (bicyclic) bond motifs is 1. The molecule has 2 amide bonds. The molecule has 0 aliphatic carbocycles. The minimum absolute atomic E-state index is 0.200. The van der Waals surface area contributed by atoms with Gasteiger partial charge in [0, 0.05) is 11.1 Å². The van der Waals surface area contributed by atoms with Crippen LogP contribution >= 0.6 is 11.6 Å². The van der Waals surface area contributed by atoms with Gasteiger partial charge in [-0.1, -0.05) is 29.8 Å². The number of carbonyl (C=O) groups is 3. The molecule has 4 rings (SSSR count). The second-order valence-electron chi connectivity index (χ2n) is 7.12. The minimum atomic E-state index is -0.621. The molecular weight excluding hydrogens is 418 g/mol. The van der Waals surface area contributed by atoms with Gasteiger partial charge in [-0.25, -0.2) is 9.69 Å². The van der Waals surface area contributed by atoms with E-state index in [0.29, 0.717) is 27.6 Å². The highest BCUT2D eigenvalue weighted by molar-refractivity contribution is 6.34. The van der Waals surface area contributed by atoms with Gasteiger partial charge in [-0.05, 0) is 61.4 Å². The Morgan fingerprint density at radius 3 is 2.10 bits per heavy atom. The van der Waals surface area contributed by atoms with Crippen molar-refractivity contribution in [1.82, 2.24) is 0 Å². The van der Waals surface area contributed by atoms with Crippen molar-refractivity contribution in [3.8, 4) is 11.5 Å². The molecule has 1 aliphatic heterocycles. The molecule has 0 bridgehead atoms. The first-order valence-electron chi connectivity index (χ1n) is 9.53. The number of imide groups is 1. The Bertz CT molecular complexity index is 1160. The molecule has 3 aromatic carbocycles. The first kappa shape index (κ1) is 20.6. The molecule has 0 saturated carbocycles. The molecule has 0 unspecified atom stereocenters. The van der Waals surface area contributed by atoms with Crippen LogP contribution in [0.1, 0.15) is 31.8 Å². The van der Waals surface area contributed by atoms with E-state index in [9.17, 15) is 14.4 Å². The molecule has 6 nitrogen and oxygen atoms in total. The lowest BCUT2D eigenvalue weighted by molar-refractivity contribution is -0.136. The standard InChI is InChI=1S/C24H18ClNO5/c1-14-10-18(11-15(2)22(14)25)30-13-21(27)31-17-7-5-6-16(12-17)26-23(28)19-8-3-4-9-20(19)24(26)29/h3-12H,13H2,1-2H3. The zero-order chi connectivity index (χ0) is 22.1. The van der Waals surface area contributed by atoms with Gasteiger partial charge in [0.2, 0.25) is 0 Å². The van der Waals surface area contributed by atoms with Gasteiger partial charge in [-0.2, -0.15) is 0 Å². The Morgan fingerprint density at radius 1 is 0.871 bits per heavy atom. The number of amides is 2. The predicted octanol–water partition coefficient (Wildman–Crippen LogP) is 4.74. The molecule has 0 N–H and O–H groups in total. The molecule has 0 saturated heterocycles. The summed E-state index contributed by atoms with van der Waals surface area (Å²) in [4.78, 5) is 38.6. The average molecular weight is 436 g/mol. The smallest absolute Gasteiger partial charge is 0.349 e. The molecule has 0 aromatic heterocycles. The molecule has 156 valence electrons. The molecule has 1 aliphatic rings. The van der Waals surface area contributed by atoms with Crippen LogP contribution in [0.3, 0.4) is 0 Å². The van der Waals surface area contributed by atoms with Crippen LogP contribution in [0.15, 0.2) is 60.7 Å². The predicted molar refractivity (Wildman–Crippen MR) is 116 cm³/mol. The number of benzene rings is 3. The molecule has 31 heavy (non-hydrogen) atoms. The number of aryl methyl sites for hydroxylation is 2. The van der Waals surface area contributed by atoms with Crippen LogP contribution in [0.5, 0.6) is 11.5 Å². The minimum Gasteiger partial charge on any atom is -0.482 e. The van der Waals surface area contributed by atoms with Crippen molar-refractivity contribution in [2.75, 3.05) is 11.5 Å². The summed E-state index contributed by atoms with van der Waals surface area (Å²) < 4.78 is 10.8. The number of esters is 1. The first-order chi connectivity index (χ1) is 14.8. The van der Waals surface area contributed by atoms with Crippen LogP contribution in [-0.2, 0) is 4.79 Å². The van der Waals surface area contributed by atoms with Crippen LogP contribution in [0.2, 0.25) is 5.02 Å². The highest BCUT2D eigenvalue weighted by atomic mass is 35.5. The van der Waals surface area contributed by atoms with Crippen molar-refractivity contribution in [3.63, 3.8) is 0 Å². The number of nitrogens with zero attached hydrogens (tertiary/aromatic N) is 1. The summed E-state index contributed by atoms with van der Waals surface area (Å²) in [5.41, 5.74) is 2.70. The van der Waals surface area contributed by atoms with Gasteiger partial charge in [-0.3, -0.25) is 9.59 Å². The second kappa shape index (κ2) is 8.24. The maximum Gasteiger partial charge on any atom is 0.349 e. The Labute approximate surface area is 184 Å². The van der Waals surface area contributed by atoms with Gasteiger partial charge in [0.1, 0.15) is 11.5 Å². The summed E-state index contributed by atoms with van der Waals surface area (Å²) >= 11 is 6.14. The lowest BCUT2D eigenvalue weighted by Crippen LogP contribution is -2.29. The number of rotatable bonds is 5. The third-order valence-electron chi connectivity index (χ3n) is 4.87. The second-order valence-corrected chi connectivity index (χ2v) is 7.50. The summed E-state index contributed by atoms with van der Waals surface area (Å²) in [5, 5.41) is 0.653. The largest absolute Gasteiger partial charge is 0.482 e. The molecular formula is C24H18ClNO5. The molecule has 3 aromatic rings. The van der Waals surface area contributed by atoms with Crippen LogP contribution in [-0.4, -0.2) is 24.4 Å².